The summed E-state index contributed by atoms with van der Waals surface area (Å²) in [6.07, 6.45) is 0.00105. The molecule has 0 spiro atoms. The quantitative estimate of drug-likeness (QED) is 0.814. The highest BCUT2D eigenvalue weighted by Crippen LogP contribution is 2.14. The highest BCUT2D eigenvalue weighted by molar-refractivity contribution is 5.67. The number of aliphatic hydroxyl groups is 1. The first-order valence-electron chi connectivity index (χ1n) is 5.04. The van der Waals surface area contributed by atoms with Gasteiger partial charge in [0.2, 0.25) is 0 Å². The van der Waals surface area contributed by atoms with Gasteiger partial charge in [0.05, 0.1) is 18.3 Å². The minimum atomic E-state index is -1.13. The first kappa shape index (κ1) is 11.3. The smallest absolute Gasteiger partial charge is 0.306 e. The van der Waals surface area contributed by atoms with E-state index in [1.807, 2.05) is 30.3 Å². The fourth-order valence-electron chi connectivity index (χ4n) is 1.41. The van der Waals surface area contributed by atoms with Gasteiger partial charge in [-0.1, -0.05) is 23.4 Å². The van der Waals surface area contributed by atoms with Crippen molar-refractivity contribution in [1.82, 2.24) is 15.0 Å². The molecule has 0 amide bonds. The maximum Gasteiger partial charge on any atom is 0.306 e. The van der Waals surface area contributed by atoms with Gasteiger partial charge >= 0.3 is 5.97 Å². The topological polar surface area (TPSA) is 88.2 Å². The van der Waals surface area contributed by atoms with Crippen molar-refractivity contribution in [1.29, 1.82) is 0 Å². The standard InChI is InChI=1S/C11H11N3O3/c15-10(6-11(16)17)9-7-14(13-12-9)8-4-2-1-3-5-8/h1-5,7,10,15H,6H2,(H,16,17)/t10-/m0/s1. The summed E-state index contributed by atoms with van der Waals surface area (Å²) in [4.78, 5) is 10.4. The molecule has 1 atom stereocenters. The number of nitrogens with zero attached hydrogens (tertiary/aromatic N) is 3. The molecule has 0 aliphatic rings. The van der Waals surface area contributed by atoms with Gasteiger partial charge in [-0.15, -0.1) is 5.10 Å². The molecule has 1 aromatic heterocycles. The van der Waals surface area contributed by atoms with Crippen LogP contribution in [0, 0.1) is 0 Å². The molecule has 0 saturated heterocycles. The van der Waals surface area contributed by atoms with Crippen molar-refractivity contribution < 1.29 is 15.0 Å². The summed E-state index contributed by atoms with van der Waals surface area (Å²) < 4.78 is 1.49. The summed E-state index contributed by atoms with van der Waals surface area (Å²) in [5.41, 5.74) is 1.05. The van der Waals surface area contributed by atoms with Crippen molar-refractivity contribution in [3.05, 3.63) is 42.2 Å². The average molecular weight is 233 g/mol. The Morgan fingerprint density at radius 3 is 2.71 bits per heavy atom. The SMILES string of the molecule is O=C(O)C[C@H](O)c1cn(-c2ccccc2)nn1. The van der Waals surface area contributed by atoms with E-state index in [1.165, 1.54) is 10.9 Å². The number of para-hydroxylation sites is 1. The van der Waals surface area contributed by atoms with E-state index in [-0.39, 0.29) is 12.1 Å². The van der Waals surface area contributed by atoms with Crippen LogP contribution < -0.4 is 0 Å². The Balaban J connectivity index is 2.19. The Morgan fingerprint density at radius 2 is 2.06 bits per heavy atom. The lowest BCUT2D eigenvalue weighted by atomic mass is 10.2. The number of carbonyl (C=O) groups is 1. The van der Waals surface area contributed by atoms with E-state index in [0.29, 0.717) is 0 Å². The first-order chi connectivity index (χ1) is 8.16. The average Bonchev–Trinajstić information content (AvgIpc) is 2.78. The van der Waals surface area contributed by atoms with Gasteiger partial charge in [-0.3, -0.25) is 4.79 Å². The van der Waals surface area contributed by atoms with Crippen LogP contribution in [0.1, 0.15) is 18.2 Å². The predicted octanol–water partition coefficient (Wildman–Crippen LogP) is 0.775. The molecule has 0 aliphatic heterocycles. The number of hydrogen-bond donors (Lipinski definition) is 2. The summed E-state index contributed by atoms with van der Waals surface area (Å²) >= 11 is 0. The number of benzene rings is 1. The van der Waals surface area contributed by atoms with Crippen molar-refractivity contribution in [3.8, 4) is 5.69 Å². The first-order valence-corrected chi connectivity index (χ1v) is 5.04. The van der Waals surface area contributed by atoms with Crippen molar-refractivity contribution in [3.63, 3.8) is 0 Å². The molecular weight excluding hydrogens is 222 g/mol. The summed E-state index contributed by atoms with van der Waals surface area (Å²) in [7, 11) is 0. The molecular formula is C11H11N3O3. The largest absolute Gasteiger partial charge is 0.481 e. The van der Waals surface area contributed by atoms with Gasteiger partial charge in [-0.05, 0) is 12.1 Å². The fourth-order valence-corrected chi connectivity index (χ4v) is 1.41. The van der Waals surface area contributed by atoms with Gasteiger partial charge in [0, 0.05) is 0 Å². The van der Waals surface area contributed by atoms with Crippen molar-refractivity contribution in [2.24, 2.45) is 0 Å². The van der Waals surface area contributed by atoms with Crippen LogP contribution in [0.25, 0.3) is 5.69 Å². The number of carboxylic acid groups (broad SMARTS) is 1. The molecule has 0 fully saturated rings. The lowest BCUT2D eigenvalue weighted by Gasteiger charge is -2.01. The third kappa shape index (κ3) is 2.67. The van der Waals surface area contributed by atoms with Crippen LogP contribution in [-0.4, -0.2) is 31.2 Å². The van der Waals surface area contributed by atoms with E-state index in [2.05, 4.69) is 10.3 Å². The molecule has 6 heteroatoms. The van der Waals surface area contributed by atoms with Crippen molar-refractivity contribution >= 4 is 5.97 Å². The number of carboxylic acids is 1. The van der Waals surface area contributed by atoms with Crippen LogP contribution in [-0.2, 0) is 4.79 Å². The minimum absolute atomic E-state index is 0.247. The van der Waals surface area contributed by atoms with Crippen LogP contribution >= 0.6 is 0 Å². The van der Waals surface area contributed by atoms with E-state index < -0.39 is 12.1 Å². The molecule has 0 saturated carbocycles. The lowest BCUT2D eigenvalue weighted by Crippen LogP contribution is -2.05. The normalized spacial score (nSPS) is 12.3. The zero-order valence-electron chi connectivity index (χ0n) is 8.89. The highest BCUT2D eigenvalue weighted by Gasteiger charge is 2.15. The molecule has 88 valence electrons. The van der Waals surface area contributed by atoms with Crippen molar-refractivity contribution in [2.45, 2.75) is 12.5 Å². The Morgan fingerprint density at radius 1 is 1.35 bits per heavy atom. The second-order valence-corrected chi connectivity index (χ2v) is 3.54. The summed E-state index contributed by atoms with van der Waals surface area (Å²) in [5.74, 6) is -1.08. The second kappa shape index (κ2) is 4.75. The number of aromatic nitrogens is 3. The van der Waals surface area contributed by atoms with Crippen molar-refractivity contribution in [2.75, 3.05) is 0 Å². The Hall–Kier alpha value is -2.21. The van der Waals surface area contributed by atoms with Crippen LogP contribution in [0.3, 0.4) is 0 Å². The van der Waals surface area contributed by atoms with E-state index >= 15 is 0 Å². The second-order valence-electron chi connectivity index (χ2n) is 3.54. The fraction of sp³-hybridized carbons (Fsp3) is 0.182. The third-order valence-electron chi connectivity index (χ3n) is 2.24. The lowest BCUT2D eigenvalue weighted by molar-refractivity contribution is -0.139. The van der Waals surface area contributed by atoms with E-state index in [0.717, 1.165) is 5.69 Å². The molecule has 1 aromatic carbocycles. The van der Waals surface area contributed by atoms with Crippen LogP contribution in [0.4, 0.5) is 0 Å². The van der Waals surface area contributed by atoms with Gasteiger partial charge in [0.1, 0.15) is 11.8 Å². The molecule has 6 nitrogen and oxygen atoms in total. The van der Waals surface area contributed by atoms with E-state index in [4.69, 9.17) is 5.11 Å². The van der Waals surface area contributed by atoms with Crippen LogP contribution in [0.15, 0.2) is 36.5 Å². The zero-order valence-corrected chi connectivity index (χ0v) is 8.89. The number of hydrogen-bond acceptors (Lipinski definition) is 4. The molecule has 0 bridgehead atoms. The minimum Gasteiger partial charge on any atom is -0.481 e. The summed E-state index contributed by atoms with van der Waals surface area (Å²) in [6, 6.07) is 9.25. The van der Waals surface area contributed by atoms with Gasteiger partial charge < -0.3 is 10.2 Å². The Kier molecular flexibility index (Phi) is 3.15. The van der Waals surface area contributed by atoms with Gasteiger partial charge in [-0.2, -0.15) is 0 Å². The molecule has 2 rings (SSSR count). The molecule has 0 aliphatic carbocycles. The molecule has 2 N–H and O–H groups in total. The van der Waals surface area contributed by atoms with Gasteiger partial charge in [0.25, 0.3) is 0 Å². The number of aliphatic hydroxyl groups excluding tert-OH is 1. The van der Waals surface area contributed by atoms with Crippen LogP contribution in [0.5, 0.6) is 0 Å². The molecule has 0 radical (unpaired) electrons. The monoisotopic (exact) mass is 233 g/mol. The molecule has 1 heterocycles. The summed E-state index contributed by atoms with van der Waals surface area (Å²) in [5, 5.41) is 25.7. The molecule has 17 heavy (non-hydrogen) atoms. The molecule has 0 unspecified atom stereocenters. The predicted molar refractivity (Wildman–Crippen MR) is 58.6 cm³/mol. The molecule has 2 aromatic rings. The zero-order chi connectivity index (χ0) is 12.3. The third-order valence-corrected chi connectivity index (χ3v) is 2.24. The van der Waals surface area contributed by atoms with Crippen LogP contribution in [0.2, 0.25) is 0 Å². The van der Waals surface area contributed by atoms with Gasteiger partial charge in [-0.25, -0.2) is 4.68 Å². The number of aliphatic carboxylic acids is 1. The summed E-state index contributed by atoms with van der Waals surface area (Å²) in [6.45, 7) is 0. The van der Waals surface area contributed by atoms with E-state index in [1.54, 1.807) is 0 Å². The highest BCUT2D eigenvalue weighted by atomic mass is 16.4. The number of rotatable bonds is 4. The maximum atomic E-state index is 10.4. The Bertz CT molecular complexity index is 510. The van der Waals surface area contributed by atoms with Gasteiger partial charge in [0.15, 0.2) is 0 Å². The Labute approximate surface area is 97.1 Å². The van der Waals surface area contributed by atoms with E-state index in [9.17, 15) is 9.90 Å². The maximum absolute atomic E-state index is 10.4.